The van der Waals surface area contributed by atoms with Crippen molar-refractivity contribution in [3.8, 4) is 5.75 Å². The molecule has 1 fully saturated rings. The molecule has 3 rings (SSSR count). The molecule has 0 amide bonds. The molecule has 1 aromatic rings. The van der Waals surface area contributed by atoms with E-state index in [9.17, 15) is 25.1 Å². The van der Waals surface area contributed by atoms with Gasteiger partial charge in [-0.3, -0.25) is 4.79 Å². The number of ether oxygens (including phenoxy) is 2. The number of rotatable bonds is 9. The summed E-state index contributed by atoms with van der Waals surface area (Å²) in [6.45, 7) is 7.54. The van der Waals surface area contributed by atoms with Gasteiger partial charge in [-0.25, -0.2) is 0 Å². The Morgan fingerprint density at radius 1 is 1.30 bits per heavy atom. The molecule has 1 aliphatic heterocycles. The number of esters is 1. The van der Waals surface area contributed by atoms with Crippen molar-refractivity contribution in [3.05, 3.63) is 39.4 Å². The molecule has 0 aromatic heterocycles. The molecule has 1 aromatic carbocycles. The first-order valence-corrected chi connectivity index (χ1v) is 11.5. The molecular weight excluding hydrogens is 430 g/mol. The third-order valence-electron chi connectivity index (χ3n) is 7.33. The minimum atomic E-state index is -1.03. The molecule has 0 unspecified atom stereocenters. The van der Waals surface area contributed by atoms with E-state index in [2.05, 4.69) is 4.84 Å². The predicted molar refractivity (Wildman–Crippen MR) is 119 cm³/mol. The summed E-state index contributed by atoms with van der Waals surface area (Å²) in [5.41, 5.74) is -1.15. The van der Waals surface area contributed by atoms with Crippen LogP contribution in [0.3, 0.4) is 0 Å². The Morgan fingerprint density at radius 3 is 2.67 bits per heavy atom. The molecule has 1 heterocycles. The fraction of sp³-hybridized carbons (Fsp3) is 0.708. The Labute approximate surface area is 194 Å². The molecular formula is C24H35NO8. The Morgan fingerprint density at radius 2 is 2.00 bits per heavy atom. The fourth-order valence-electron chi connectivity index (χ4n) is 4.98. The molecule has 0 bridgehead atoms. The van der Waals surface area contributed by atoms with Crippen LogP contribution in [0.2, 0.25) is 0 Å². The number of aliphatic hydroxyl groups excluding tert-OH is 1. The van der Waals surface area contributed by atoms with Crippen LogP contribution >= 0.6 is 0 Å². The lowest BCUT2D eigenvalue weighted by Crippen LogP contribution is -2.62. The molecule has 3 atom stereocenters. The Hall–Kier alpha value is -2.39. The van der Waals surface area contributed by atoms with Gasteiger partial charge in [0.05, 0.1) is 18.6 Å². The summed E-state index contributed by atoms with van der Waals surface area (Å²) in [4.78, 5) is 27.2. The zero-order valence-corrected chi connectivity index (χ0v) is 19.8. The highest BCUT2D eigenvalue weighted by molar-refractivity contribution is 5.82. The molecule has 184 valence electrons. The normalized spacial score (nSPS) is 25.9. The number of fused-ring (bicyclic) bond motifs is 3. The molecule has 1 saturated carbocycles. The van der Waals surface area contributed by atoms with E-state index in [0.29, 0.717) is 31.4 Å². The first kappa shape index (κ1) is 25.2. The van der Waals surface area contributed by atoms with Crippen molar-refractivity contribution in [2.75, 3.05) is 19.8 Å². The van der Waals surface area contributed by atoms with E-state index >= 15 is 0 Å². The van der Waals surface area contributed by atoms with Gasteiger partial charge in [0.1, 0.15) is 17.0 Å². The van der Waals surface area contributed by atoms with Crippen molar-refractivity contribution < 1.29 is 34.4 Å². The summed E-state index contributed by atoms with van der Waals surface area (Å²) in [7, 11) is 0. The third-order valence-corrected chi connectivity index (χ3v) is 7.33. The highest BCUT2D eigenvalue weighted by atomic mass is 16.9. The monoisotopic (exact) mass is 465 g/mol. The fourth-order valence-corrected chi connectivity index (χ4v) is 4.98. The van der Waals surface area contributed by atoms with E-state index in [1.165, 1.54) is 0 Å². The summed E-state index contributed by atoms with van der Waals surface area (Å²) >= 11 is 0. The molecule has 2 N–H and O–H groups in total. The van der Waals surface area contributed by atoms with Crippen molar-refractivity contribution in [2.24, 2.45) is 5.92 Å². The smallest absolute Gasteiger partial charge is 0.315 e. The van der Waals surface area contributed by atoms with Crippen LogP contribution in [0.25, 0.3) is 0 Å². The van der Waals surface area contributed by atoms with Gasteiger partial charge in [-0.2, -0.15) is 0 Å². The Kier molecular flexibility index (Phi) is 7.24. The van der Waals surface area contributed by atoms with Gasteiger partial charge in [0.25, 0.3) is 5.09 Å². The van der Waals surface area contributed by atoms with Crippen LogP contribution < -0.4 is 4.74 Å². The first-order chi connectivity index (χ1) is 15.4. The van der Waals surface area contributed by atoms with Gasteiger partial charge in [0.2, 0.25) is 0 Å². The van der Waals surface area contributed by atoms with Crippen LogP contribution in [0, 0.1) is 16.0 Å². The van der Waals surface area contributed by atoms with Gasteiger partial charge < -0.3 is 24.5 Å². The second kappa shape index (κ2) is 9.46. The van der Waals surface area contributed by atoms with Crippen molar-refractivity contribution >= 4 is 5.97 Å². The first-order valence-electron chi connectivity index (χ1n) is 11.5. The number of carbonyl (C=O) groups excluding carboxylic acids is 1. The topological polar surface area (TPSA) is 128 Å². The van der Waals surface area contributed by atoms with Gasteiger partial charge in [-0.15, -0.1) is 10.1 Å². The maximum absolute atomic E-state index is 12.8. The number of unbranched alkanes of at least 4 members (excludes halogenated alkanes) is 1. The molecule has 9 nitrogen and oxygen atoms in total. The maximum Gasteiger partial charge on any atom is 0.315 e. The number of nitrogens with zero attached hydrogens (tertiary/aromatic N) is 1. The zero-order chi connectivity index (χ0) is 24.4. The molecule has 2 aliphatic rings. The standard InChI is InChI=1S/C24H35NO8/c1-22(2,21(27)31-11-5-6-12-32-25(29)30)17-7-8-18-19-13-16(15-26)9-10-24(19,28)23(3,4)33-20(18)14-17/h7-8,14,16,19,26,28H,5-6,9-13,15H2,1-4H3/t16-,19-,24-/m1/s1. The second-order valence-corrected chi connectivity index (χ2v) is 10.2. The highest BCUT2D eigenvalue weighted by Crippen LogP contribution is 2.55. The van der Waals surface area contributed by atoms with Crippen molar-refractivity contribution in [2.45, 2.75) is 82.3 Å². The summed E-state index contributed by atoms with van der Waals surface area (Å²) < 4.78 is 11.7. The predicted octanol–water partition coefficient (Wildman–Crippen LogP) is 3.27. The molecule has 9 heteroatoms. The number of carbonyl (C=O) groups is 1. The van der Waals surface area contributed by atoms with E-state index < -0.39 is 27.7 Å². The largest absolute Gasteiger partial charge is 0.485 e. The molecule has 0 radical (unpaired) electrons. The van der Waals surface area contributed by atoms with E-state index in [1.54, 1.807) is 13.8 Å². The van der Waals surface area contributed by atoms with Crippen LogP contribution in [0.5, 0.6) is 5.75 Å². The summed E-state index contributed by atoms with van der Waals surface area (Å²) in [6.07, 6.45) is 2.86. The third kappa shape index (κ3) is 4.94. The number of benzene rings is 1. The van der Waals surface area contributed by atoms with Crippen LogP contribution in [0.1, 0.15) is 76.8 Å². The molecule has 0 saturated heterocycles. The highest BCUT2D eigenvalue weighted by Gasteiger charge is 2.57. The summed E-state index contributed by atoms with van der Waals surface area (Å²) in [5.74, 6) is 0.220. The lowest BCUT2D eigenvalue weighted by atomic mass is 9.60. The Balaban J connectivity index is 1.74. The van der Waals surface area contributed by atoms with E-state index in [0.717, 1.165) is 17.5 Å². The molecule has 1 aliphatic carbocycles. The van der Waals surface area contributed by atoms with Crippen LogP contribution in [-0.4, -0.2) is 52.3 Å². The van der Waals surface area contributed by atoms with Gasteiger partial charge in [-0.1, -0.05) is 12.1 Å². The minimum absolute atomic E-state index is 0.0312. The molecule has 33 heavy (non-hydrogen) atoms. The van der Waals surface area contributed by atoms with Crippen molar-refractivity contribution in [3.63, 3.8) is 0 Å². The average Bonchev–Trinajstić information content (AvgIpc) is 2.75. The Bertz CT molecular complexity index is 883. The van der Waals surface area contributed by atoms with Gasteiger partial charge in [0.15, 0.2) is 0 Å². The minimum Gasteiger partial charge on any atom is -0.485 e. The van der Waals surface area contributed by atoms with E-state index in [-0.39, 0.29) is 31.7 Å². The van der Waals surface area contributed by atoms with Crippen molar-refractivity contribution in [1.29, 1.82) is 0 Å². The van der Waals surface area contributed by atoms with Gasteiger partial charge in [0, 0.05) is 18.1 Å². The van der Waals surface area contributed by atoms with Crippen LogP contribution in [-0.2, 0) is 19.8 Å². The second-order valence-electron chi connectivity index (χ2n) is 10.2. The molecule has 0 spiro atoms. The lowest BCUT2D eigenvalue weighted by Gasteiger charge is -2.55. The van der Waals surface area contributed by atoms with Crippen LogP contribution in [0.4, 0.5) is 0 Å². The summed E-state index contributed by atoms with van der Waals surface area (Å²) in [6, 6.07) is 5.64. The number of aliphatic hydroxyl groups is 2. The van der Waals surface area contributed by atoms with Crippen LogP contribution in [0.15, 0.2) is 18.2 Å². The van der Waals surface area contributed by atoms with E-state index in [1.807, 2.05) is 32.0 Å². The average molecular weight is 466 g/mol. The number of hydrogen-bond donors (Lipinski definition) is 2. The van der Waals surface area contributed by atoms with Gasteiger partial charge >= 0.3 is 5.97 Å². The zero-order valence-electron chi connectivity index (χ0n) is 19.8. The SMILES string of the molecule is CC(C)(C(=O)OCCCCO[N+](=O)[O-])c1ccc2c(c1)OC(C)(C)[C@@]1(O)CC[C@@H](CO)C[C@H]21. The van der Waals surface area contributed by atoms with Crippen molar-refractivity contribution in [1.82, 2.24) is 0 Å². The van der Waals surface area contributed by atoms with Gasteiger partial charge in [-0.05, 0) is 77.3 Å². The quantitative estimate of drug-likeness (QED) is 0.246. The summed E-state index contributed by atoms with van der Waals surface area (Å²) in [5, 5.41) is 30.6. The number of hydrogen-bond acceptors (Lipinski definition) is 8. The maximum atomic E-state index is 12.8. The lowest BCUT2D eigenvalue weighted by molar-refractivity contribution is -0.757. The van der Waals surface area contributed by atoms with E-state index in [4.69, 9.17) is 9.47 Å².